The fourth-order valence-corrected chi connectivity index (χ4v) is 2.23. The van der Waals surface area contributed by atoms with Crippen molar-refractivity contribution < 1.29 is 4.79 Å². The van der Waals surface area contributed by atoms with E-state index < -0.39 is 0 Å². The Bertz CT molecular complexity index is 240. The van der Waals surface area contributed by atoms with Crippen LogP contribution in [0.15, 0.2) is 0 Å². The van der Waals surface area contributed by atoms with E-state index in [-0.39, 0.29) is 5.91 Å². The number of likely N-dealkylation sites (tertiary alicyclic amines) is 1. The van der Waals surface area contributed by atoms with Gasteiger partial charge in [-0.05, 0) is 45.2 Å². The van der Waals surface area contributed by atoms with Crippen LogP contribution in [0.1, 0.15) is 25.7 Å². The average molecular weight is 225 g/mol. The smallest absolute Gasteiger partial charge is 0.233 e. The molecule has 2 fully saturated rings. The Labute approximate surface area is 97.8 Å². The van der Waals surface area contributed by atoms with Gasteiger partial charge in [0.2, 0.25) is 5.91 Å². The van der Waals surface area contributed by atoms with Gasteiger partial charge in [-0.2, -0.15) is 0 Å². The van der Waals surface area contributed by atoms with Crippen molar-refractivity contribution in [3.05, 3.63) is 0 Å². The van der Waals surface area contributed by atoms with E-state index in [4.69, 9.17) is 0 Å². The van der Waals surface area contributed by atoms with Gasteiger partial charge in [-0.1, -0.05) is 0 Å². The van der Waals surface area contributed by atoms with Crippen LogP contribution in [0.25, 0.3) is 0 Å². The molecule has 92 valence electrons. The first-order chi connectivity index (χ1) is 7.75. The van der Waals surface area contributed by atoms with E-state index in [1.807, 2.05) is 0 Å². The molecule has 0 aromatic carbocycles. The fraction of sp³-hybridized carbons (Fsp3) is 0.917. The van der Waals surface area contributed by atoms with Crippen LogP contribution in [-0.2, 0) is 4.79 Å². The molecular formula is C12H23N3O. The van der Waals surface area contributed by atoms with Gasteiger partial charge in [0.05, 0.1) is 6.54 Å². The van der Waals surface area contributed by atoms with Gasteiger partial charge in [0.1, 0.15) is 0 Å². The summed E-state index contributed by atoms with van der Waals surface area (Å²) in [4.78, 5) is 13.8. The summed E-state index contributed by atoms with van der Waals surface area (Å²) in [5.74, 6) is 0.914. The topological polar surface area (TPSA) is 44.4 Å². The maximum atomic E-state index is 11.4. The zero-order valence-corrected chi connectivity index (χ0v) is 10.2. The minimum atomic E-state index is 0.146. The molecule has 0 aromatic heterocycles. The van der Waals surface area contributed by atoms with E-state index >= 15 is 0 Å². The first-order valence-electron chi connectivity index (χ1n) is 6.43. The summed E-state index contributed by atoms with van der Waals surface area (Å²) in [5.41, 5.74) is 0. The summed E-state index contributed by atoms with van der Waals surface area (Å²) in [6.07, 6.45) is 5.13. The summed E-state index contributed by atoms with van der Waals surface area (Å²) < 4.78 is 0. The zero-order chi connectivity index (χ0) is 11.4. The maximum absolute atomic E-state index is 11.4. The highest BCUT2D eigenvalue weighted by Crippen LogP contribution is 2.27. The van der Waals surface area contributed by atoms with Crippen molar-refractivity contribution >= 4 is 5.91 Å². The van der Waals surface area contributed by atoms with Crippen molar-refractivity contribution in [2.75, 3.05) is 33.2 Å². The van der Waals surface area contributed by atoms with Gasteiger partial charge in [-0.15, -0.1) is 0 Å². The predicted molar refractivity (Wildman–Crippen MR) is 64.3 cm³/mol. The molecule has 4 nitrogen and oxygen atoms in total. The summed E-state index contributed by atoms with van der Waals surface area (Å²) in [7, 11) is 2.16. The SMILES string of the molecule is CN1CCCC1CNCC(=O)NCC1CC1. The Morgan fingerprint density at radius 2 is 2.12 bits per heavy atom. The van der Waals surface area contributed by atoms with Crippen LogP contribution in [-0.4, -0.2) is 50.1 Å². The third-order valence-electron chi connectivity index (χ3n) is 3.62. The van der Waals surface area contributed by atoms with E-state index in [0.717, 1.165) is 19.0 Å². The number of carbonyl (C=O) groups excluding carboxylic acids is 1. The van der Waals surface area contributed by atoms with E-state index in [0.29, 0.717) is 12.6 Å². The van der Waals surface area contributed by atoms with Gasteiger partial charge < -0.3 is 15.5 Å². The molecule has 16 heavy (non-hydrogen) atoms. The quantitative estimate of drug-likeness (QED) is 0.678. The van der Waals surface area contributed by atoms with Crippen molar-refractivity contribution in [3.8, 4) is 0 Å². The molecule has 0 bridgehead atoms. The molecule has 1 atom stereocenters. The second-order valence-electron chi connectivity index (χ2n) is 5.16. The molecule has 1 aliphatic carbocycles. The summed E-state index contributed by atoms with van der Waals surface area (Å²) in [6, 6.07) is 0.622. The van der Waals surface area contributed by atoms with Crippen LogP contribution >= 0.6 is 0 Å². The van der Waals surface area contributed by atoms with Crippen LogP contribution in [0, 0.1) is 5.92 Å². The summed E-state index contributed by atoms with van der Waals surface area (Å²) >= 11 is 0. The van der Waals surface area contributed by atoms with Gasteiger partial charge >= 0.3 is 0 Å². The van der Waals surface area contributed by atoms with Crippen molar-refractivity contribution in [2.45, 2.75) is 31.7 Å². The second kappa shape index (κ2) is 5.64. The zero-order valence-electron chi connectivity index (χ0n) is 10.2. The standard InChI is InChI=1S/C12H23N3O/c1-15-6-2-3-11(15)8-13-9-12(16)14-7-10-4-5-10/h10-11,13H,2-9H2,1H3,(H,14,16). The van der Waals surface area contributed by atoms with Crippen LogP contribution in [0.2, 0.25) is 0 Å². The first-order valence-corrected chi connectivity index (χ1v) is 6.43. The minimum Gasteiger partial charge on any atom is -0.355 e. The lowest BCUT2D eigenvalue weighted by molar-refractivity contribution is -0.120. The van der Waals surface area contributed by atoms with E-state index in [2.05, 4.69) is 22.6 Å². The van der Waals surface area contributed by atoms with Crippen LogP contribution in [0.3, 0.4) is 0 Å². The monoisotopic (exact) mass is 225 g/mol. The van der Waals surface area contributed by atoms with E-state index in [1.54, 1.807) is 0 Å². The van der Waals surface area contributed by atoms with Gasteiger partial charge in [0.15, 0.2) is 0 Å². The molecule has 2 rings (SSSR count). The Hall–Kier alpha value is -0.610. The molecule has 4 heteroatoms. The number of nitrogens with zero attached hydrogens (tertiary/aromatic N) is 1. The Balaban J connectivity index is 1.51. The maximum Gasteiger partial charge on any atom is 0.233 e. The highest BCUT2D eigenvalue weighted by molar-refractivity contribution is 5.77. The highest BCUT2D eigenvalue weighted by Gasteiger charge is 2.22. The molecule has 1 saturated heterocycles. The minimum absolute atomic E-state index is 0.146. The predicted octanol–water partition coefficient (Wildman–Crippen LogP) is 0.196. The van der Waals surface area contributed by atoms with E-state index in [1.165, 1.54) is 32.2 Å². The fourth-order valence-electron chi connectivity index (χ4n) is 2.23. The van der Waals surface area contributed by atoms with Crippen LogP contribution < -0.4 is 10.6 Å². The molecule has 1 saturated carbocycles. The van der Waals surface area contributed by atoms with Gasteiger partial charge in [-0.3, -0.25) is 4.79 Å². The summed E-state index contributed by atoms with van der Waals surface area (Å²) in [5, 5.41) is 6.21. The number of amides is 1. The molecule has 1 amide bonds. The number of hydrogen-bond donors (Lipinski definition) is 2. The number of hydrogen-bond acceptors (Lipinski definition) is 3. The van der Waals surface area contributed by atoms with Gasteiger partial charge in [0, 0.05) is 19.1 Å². The van der Waals surface area contributed by atoms with Crippen LogP contribution in [0.5, 0.6) is 0 Å². The lowest BCUT2D eigenvalue weighted by Gasteiger charge is -2.19. The lowest BCUT2D eigenvalue weighted by atomic mass is 10.2. The van der Waals surface area contributed by atoms with Gasteiger partial charge in [0.25, 0.3) is 0 Å². The molecular weight excluding hydrogens is 202 g/mol. The largest absolute Gasteiger partial charge is 0.355 e. The third-order valence-corrected chi connectivity index (χ3v) is 3.62. The highest BCUT2D eigenvalue weighted by atomic mass is 16.1. The molecule has 1 heterocycles. The normalized spacial score (nSPS) is 25.9. The molecule has 0 radical (unpaired) electrons. The van der Waals surface area contributed by atoms with Gasteiger partial charge in [-0.25, -0.2) is 0 Å². The number of likely N-dealkylation sites (N-methyl/N-ethyl adjacent to an activating group) is 1. The van der Waals surface area contributed by atoms with Crippen molar-refractivity contribution in [1.82, 2.24) is 15.5 Å². The van der Waals surface area contributed by atoms with E-state index in [9.17, 15) is 4.79 Å². The molecule has 1 aliphatic heterocycles. The second-order valence-corrected chi connectivity index (χ2v) is 5.16. The van der Waals surface area contributed by atoms with Crippen LogP contribution in [0.4, 0.5) is 0 Å². The lowest BCUT2D eigenvalue weighted by Crippen LogP contribution is -2.41. The molecule has 2 N–H and O–H groups in total. The Morgan fingerprint density at radius 1 is 1.31 bits per heavy atom. The Kier molecular flexibility index (Phi) is 4.18. The molecule has 2 aliphatic rings. The third kappa shape index (κ3) is 3.76. The average Bonchev–Trinajstić information content (AvgIpc) is 3.01. The number of nitrogens with one attached hydrogen (secondary N) is 2. The summed E-state index contributed by atoms with van der Waals surface area (Å²) in [6.45, 7) is 3.48. The first kappa shape index (κ1) is 11.9. The molecule has 1 unspecified atom stereocenters. The van der Waals surface area contributed by atoms with Crippen molar-refractivity contribution in [2.24, 2.45) is 5.92 Å². The van der Waals surface area contributed by atoms with Crippen molar-refractivity contribution in [3.63, 3.8) is 0 Å². The van der Waals surface area contributed by atoms with Crippen molar-refractivity contribution in [1.29, 1.82) is 0 Å². The molecule has 0 spiro atoms. The molecule has 0 aromatic rings. The Morgan fingerprint density at radius 3 is 2.75 bits per heavy atom. The number of carbonyl (C=O) groups is 1. The number of rotatable bonds is 6.